The van der Waals surface area contributed by atoms with Crippen molar-refractivity contribution in [2.24, 2.45) is 0 Å². The lowest BCUT2D eigenvalue weighted by molar-refractivity contribution is -0.140. The van der Waals surface area contributed by atoms with Gasteiger partial charge in [-0.3, -0.25) is 9.78 Å². The van der Waals surface area contributed by atoms with Gasteiger partial charge in [-0.1, -0.05) is 103 Å². The number of esters is 2. The molecule has 0 spiro atoms. The highest BCUT2D eigenvalue weighted by atomic mass is 16.5. The number of hydrogen-bond donors (Lipinski definition) is 2. The van der Waals surface area contributed by atoms with E-state index in [0.29, 0.717) is 52.2 Å². The number of hydrogen-bond acceptors (Lipinski definition) is 9. The molecule has 2 N–H and O–H groups in total. The second-order valence-electron chi connectivity index (χ2n) is 13.4. The molecule has 0 amide bonds. The first-order valence-corrected chi connectivity index (χ1v) is 19.0. The van der Waals surface area contributed by atoms with E-state index in [1.807, 2.05) is 127 Å². The summed E-state index contributed by atoms with van der Waals surface area (Å²) >= 11 is 0. The van der Waals surface area contributed by atoms with Crippen LogP contribution in [-0.4, -0.2) is 52.7 Å². The zero-order valence-corrected chi connectivity index (χ0v) is 32.1. The molecule has 1 heterocycles. The maximum Gasteiger partial charge on any atom is 0.342 e. The quantitative estimate of drug-likeness (QED) is 0.0987. The zero-order chi connectivity index (χ0) is 40.6. The minimum Gasteiger partial charge on any atom is -0.508 e. The molecule has 0 bridgehead atoms. The van der Waals surface area contributed by atoms with Crippen LogP contribution in [0, 0.1) is 0 Å². The number of ether oxygens (including phenoxy) is 3. The monoisotopic (exact) mass is 771 g/mol. The Kier molecular flexibility index (Phi) is 11.7. The molecule has 0 aliphatic heterocycles. The molecular weight excluding hydrogens is 731 g/mol. The lowest BCUT2D eigenvalue weighted by Crippen LogP contribution is -2.32. The van der Waals surface area contributed by atoms with Crippen LogP contribution in [0.5, 0.6) is 11.5 Å². The number of Topliss-reactive ketones (excluding diaryl/α,β-unsaturated/α-hetero) is 1. The fraction of sp³-hybridized carbons (Fsp3) is 0.143. The number of benzene rings is 5. The molecule has 2 aliphatic carbocycles. The molecule has 9 heteroatoms. The SMILES string of the molecule is CCOC(=O)C1=C(c2ccccc2)c2ccc(O)cc2C1=O.CCOC(=O)C1=C(c2ccccc2)c2ccc(OCCc3ccccn3)cc2C1(O)c1ccccc1. The number of ketones is 1. The molecular formula is C49H41NO8. The summed E-state index contributed by atoms with van der Waals surface area (Å²) in [5.41, 5.74) is 5.20. The Bertz CT molecular complexity index is 2510. The number of carbonyl (C=O) groups is 3. The van der Waals surface area contributed by atoms with Crippen molar-refractivity contribution in [1.82, 2.24) is 4.98 Å². The molecule has 9 nitrogen and oxygen atoms in total. The first-order valence-electron chi connectivity index (χ1n) is 19.0. The molecule has 1 unspecified atom stereocenters. The highest BCUT2D eigenvalue weighted by Crippen LogP contribution is 2.52. The Morgan fingerprint density at radius 3 is 1.90 bits per heavy atom. The molecule has 2 aliphatic rings. The van der Waals surface area contributed by atoms with Crippen molar-refractivity contribution in [3.63, 3.8) is 0 Å². The third-order valence-corrected chi connectivity index (χ3v) is 9.88. The molecule has 0 saturated heterocycles. The highest BCUT2D eigenvalue weighted by molar-refractivity contribution is 6.35. The number of rotatable bonds is 11. The maximum atomic E-state index is 13.4. The van der Waals surface area contributed by atoms with Gasteiger partial charge in [0.15, 0.2) is 0 Å². The maximum absolute atomic E-state index is 13.4. The summed E-state index contributed by atoms with van der Waals surface area (Å²) in [5.74, 6) is -0.997. The molecule has 6 aromatic rings. The number of aromatic nitrogens is 1. The lowest BCUT2D eigenvalue weighted by atomic mass is 9.83. The minimum atomic E-state index is -1.70. The van der Waals surface area contributed by atoms with Crippen molar-refractivity contribution in [2.75, 3.05) is 19.8 Å². The summed E-state index contributed by atoms with van der Waals surface area (Å²) in [5, 5.41) is 22.0. The van der Waals surface area contributed by atoms with E-state index in [2.05, 4.69) is 4.98 Å². The van der Waals surface area contributed by atoms with Crippen LogP contribution in [0.15, 0.2) is 163 Å². The number of aliphatic hydroxyl groups is 1. The molecule has 1 aromatic heterocycles. The van der Waals surface area contributed by atoms with E-state index in [4.69, 9.17) is 14.2 Å². The number of phenols is 1. The number of carbonyl (C=O) groups excluding carboxylic acids is 3. The Morgan fingerprint density at radius 2 is 1.26 bits per heavy atom. The predicted octanol–water partition coefficient (Wildman–Crippen LogP) is 8.27. The lowest BCUT2D eigenvalue weighted by Gasteiger charge is -2.28. The molecule has 290 valence electrons. The summed E-state index contributed by atoms with van der Waals surface area (Å²) in [6.07, 6.45) is 2.42. The van der Waals surface area contributed by atoms with Crippen LogP contribution in [-0.2, 0) is 31.1 Å². The second kappa shape index (κ2) is 17.4. The van der Waals surface area contributed by atoms with E-state index < -0.39 is 23.3 Å². The number of nitrogens with zero attached hydrogens (tertiary/aromatic N) is 1. The summed E-state index contributed by atoms with van der Waals surface area (Å²) in [7, 11) is 0. The second-order valence-corrected chi connectivity index (χ2v) is 13.4. The van der Waals surface area contributed by atoms with Crippen LogP contribution >= 0.6 is 0 Å². The van der Waals surface area contributed by atoms with Gasteiger partial charge in [0, 0.05) is 40.6 Å². The van der Waals surface area contributed by atoms with Gasteiger partial charge >= 0.3 is 11.9 Å². The van der Waals surface area contributed by atoms with Crippen LogP contribution in [0.3, 0.4) is 0 Å². The fourth-order valence-electron chi connectivity index (χ4n) is 7.36. The summed E-state index contributed by atoms with van der Waals surface area (Å²) in [6.45, 7) is 4.28. The van der Waals surface area contributed by atoms with E-state index in [0.717, 1.165) is 22.4 Å². The van der Waals surface area contributed by atoms with Gasteiger partial charge in [0.05, 0.1) is 25.4 Å². The first-order chi connectivity index (χ1) is 28.3. The van der Waals surface area contributed by atoms with Gasteiger partial charge in [-0.15, -0.1) is 0 Å². The number of phenolic OH excluding ortho intramolecular Hbond substituents is 1. The molecule has 0 radical (unpaired) electrons. The van der Waals surface area contributed by atoms with Crippen LogP contribution in [0.4, 0.5) is 0 Å². The van der Waals surface area contributed by atoms with Gasteiger partial charge in [0.2, 0.25) is 5.78 Å². The molecule has 1 atom stereocenters. The Labute approximate surface area is 336 Å². The molecule has 8 rings (SSSR count). The summed E-state index contributed by atoms with van der Waals surface area (Å²) in [6, 6.07) is 44.0. The van der Waals surface area contributed by atoms with Crippen LogP contribution < -0.4 is 4.74 Å². The molecule has 0 saturated carbocycles. The van der Waals surface area contributed by atoms with E-state index >= 15 is 0 Å². The third-order valence-electron chi connectivity index (χ3n) is 9.88. The van der Waals surface area contributed by atoms with Gasteiger partial charge in [-0.2, -0.15) is 0 Å². The van der Waals surface area contributed by atoms with Crippen molar-refractivity contribution in [3.8, 4) is 11.5 Å². The molecule has 58 heavy (non-hydrogen) atoms. The third kappa shape index (κ3) is 7.68. The Balaban J connectivity index is 0.000000199. The van der Waals surface area contributed by atoms with Gasteiger partial charge in [0.1, 0.15) is 22.7 Å². The Hall–Kier alpha value is -7.10. The summed E-state index contributed by atoms with van der Waals surface area (Å²) in [4.78, 5) is 42.6. The normalized spacial score (nSPS) is 15.3. The number of fused-ring (bicyclic) bond motifs is 2. The fourth-order valence-corrected chi connectivity index (χ4v) is 7.36. The Morgan fingerprint density at radius 1 is 0.655 bits per heavy atom. The van der Waals surface area contributed by atoms with Gasteiger partial charge in [0.25, 0.3) is 0 Å². The zero-order valence-electron chi connectivity index (χ0n) is 32.1. The van der Waals surface area contributed by atoms with Crippen molar-refractivity contribution < 1.29 is 38.8 Å². The van der Waals surface area contributed by atoms with Crippen LogP contribution in [0.25, 0.3) is 11.1 Å². The molecule has 5 aromatic carbocycles. The van der Waals surface area contributed by atoms with Gasteiger partial charge in [-0.25, -0.2) is 9.59 Å². The minimum absolute atomic E-state index is 0.00961. The van der Waals surface area contributed by atoms with Crippen molar-refractivity contribution in [1.29, 1.82) is 0 Å². The van der Waals surface area contributed by atoms with Gasteiger partial charge < -0.3 is 24.4 Å². The van der Waals surface area contributed by atoms with Crippen molar-refractivity contribution in [2.45, 2.75) is 25.9 Å². The highest BCUT2D eigenvalue weighted by Gasteiger charge is 2.49. The van der Waals surface area contributed by atoms with Crippen LogP contribution in [0.2, 0.25) is 0 Å². The van der Waals surface area contributed by atoms with Crippen molar-refractivity contribution in [3.05, 3.63) is 208 Å². The molecule has 0 fully saturated rings. The number of aromatic hydroxyl groups is 1. The topological polar surface area (TPSA) is 132 Å². The van der Waals surface area contributed by atoms with E-state index in [9.17, 15) is 24.6 Å². The average molecular weight is 772 g/mol. The summed E-state index contributed by atoms with van der Waals surface area (Å²) < 4.78 is 16.6. The first kappa shape index (κ1) is 39.1. The van der Waals surface area contributed by atoms with Gasteiger partial charge in [-0.05, 0) is 84.1 Å². The largest absolute Gasteiger partial charge is 0.508 e. The van der Waals surface area contributed by atoms with E-state index in [1.165, 1.54) is 12.1 Å². The number of pyridine rings is 1. The standard InChI is InChI=1S/C31H27NO4.C18H14O4/c1-2-35-30(33)29-28(22-11-5-3-6-12-22)26-17-16-25(36-20-18-24-15-9-10-19-32-24)21-27(26)31(29,34)23-13-7-4-8-14-23;1-2-22-18(21)16-15(11-6-4-3-5-7-11)13-9-8-12(19)10-14(13)17(16)20/h3-17,19,21,34H,2,18,20H2,1H3;3-10,19H,2H2,1H3. The van der Waals surface area contributed by atoms with Crippen molar-refractivity contribution >= 4 is 28.9 Å². The predicted molar refractivity (Wildman–Crippen MR) is 220 cm³/mol. The van der Waals surface area contributed by atoms with E-state index in [-0.39, 0.29) is 30.1 Å². The smallest absolute Gasteiger partial charge is 0.342 e. The van der Waals surface area contributed by atoms with E-state index in [1.54, 1.807) is 26.1 Å². The average Bonchev–Trinajstić information content (AvgIpc) is 3.70. The van der Waals surface area contributed by atoms with Crippen LogP contribution in [0.1, 0.15) is 63.3 Å².